The van der Waals surface area contributed by atoms with E-state index in [1.165, 1.54) is 24.1 Å². The molecule has 1 saturated carbocycles. The molecule has 0 bridgehead atoms. The summed E-state index contributed by atoms with van der Waals surface area (Å²) in [5.41, 5.74) is -0.341. The molecule has 7 heteroatoms. The summed E-state index contributed by atoms with van der Waals surface area (Å²) in [5, 5.41) is 9.21. The van der Waals surface area contributed by atoms with Crippen molar-refractivity contribution in [3.63, 3.8) is 0 Å². The van der Waals surface area contributed by atoms with Gasteiger partial charge in [-0.05, 0) is 37.5 Å². The predicted molar refractivity (Wildman–Crippen MR) is 83.1 cm³/mol. The molecule has 1 aliphatic carbocycles. The number of halogens is 1. The minimum atomic E-state index is -1.39. The number of carbonyl (C=O) groups excluding carboxylic acids is 3. The second-order valence-corrected chi connectivity index (χ2v) is 6.18. The van der Waals surface area contributed by atoms with Crippen molar-refractivity contribution >= 4 is 35.0 Å². The molecule has 1 spiro atoms. The maximum atomic E-state index is 12.9. The highest BCUT2D eigenvalue weighted by Gasteiger charge is 2.62. The van der Waals surface area contributed by atoms with Gasteiger partial charge < -0.3 is 4.90 Å². The summed E-state index contributed by atoms with van der Waals surface area (Å²) >= 11 is 6.14. The molecule has 1 heterocycles. The Bertz CT molecular complexity index is 798. The van der Waals surface area contributed by atoms with Crippen LogP contribution in [0, 0.1) is 18.3 Å². The highest BCUT2D eigenvalue weighted by Crippen LogP contribution is 2.42. The zero-order chi connectivity index (χ0) is 16.9. The van der Waals surface area contributed by atoms with Gasteiger partial charge in [-0.2, -0.15) is 5.26 Å². The first-order valence-electron chi connectivity index (χ1n) is 7.21. The molecule has 1 aliphatic heterocycles. The molecule has 1 aromatic carbocycles. The average Bonchev–Trinajstić information content (AvgIpc) is 3.00. The van der Waals surface area contributed by atoms with Crippen LogP contribution >= 0.6 is 11.6 Å². The second kappa shape index (κ2) is 5.07. The van der Waals surface area contributed by atoms with E-state index in [9.17, 15) is 14.4 Å². The van der Waals surface area contributed by atoms with Gasteiger partial charge >= 0.3 is 6.03 Å². The van der Waals surface area contributed by atoms with Crippen LogP contribution in [-0.4, -0.2) is 35.2 Å². The van der Waals surface area contributed by atoms with E-state index >= 15 is 0 Å². The van der Waals surface area contributed by atoms with Crippen molar-refractivity contribution in [2.24, 2.45) is 0 Å². The van der Waals surface area contributed by atoms with Gasteiger partial charge in [0.2, 0.25) is 0 Å². The Hall–Kier alpha value is -2.39. The Kier molecular flexibility index (Phi) is 3.42. The molecule has 2 fully saturated rings. The molecule has 1 saturated heterocycles. The molecule has 118 valence electrons. The van der Waals surface area contributed by atoms with E-state index in [4.69, 9.17) is 16.9 Å². The van der Waals surface area contributed by atoms with E-state index in [1.807, 2.05) is 6.07 Å². The first kappa shape index (κ1) is 15.5. The summed E-state index contributed by atoms with van der Waals surface area (Å²) in [5.74, 6) is -0.755. The third-order valence-corrected chi connectivity index (χ3v) is 5.22. The molecule has 1 atom stereocenters. The number of benzene rings is 1. The maximum absolute atomic E-state index is 12.9. The average molecular weight is 332 g/mol. The van der Waals surface area contributed by atoms with E-state index in [0.717, 1.165) is 4.90 Å². The smallest absolute Gasteiger partial charge is 0.306 e. The van der Waals surface area contributed by atoms with Crippen molar-refractivity contribution in [1.29, 1.82) is 5.26 Å². The van der Waals surface area contributed by atoms with Crippen LogP contribution < -0.4 is 4.90 Å². The van der Waals surface area contributed by atoms with Crippen molar-refractivity contribution in [3.05, 3.63) is 28.3 Å². The predicted octanol–water partition coefficient (Wildman–Crippen LogP) is 2.41. The number of Topliss-reactive ketones (excluding diaryl/α,β-unsaturated/α-hetero) is 1. The Morgan fingerprint density at radius 2 is 2.00 bits per heavy atom. The minimum absolute atomic E-state index is 0.201. The van der Waals surface area contributed by atoms with Gasteiger partial charge in [0.1, 0.15) is 6.07 Å². The molecule has 0 aromatic heterocycles. The molecule has 0 unspecified atom stereocenters. The molecule has 2 aliphatic rings. The molecule has 1 aromatic rings. The summed E-state index contributed by atoms with van der Waals surface area (Å²) in [4.78, 5) is 40.0. The lowest BCUT2D eigenvalue weighted by molar-refractivity contribution is -0.135. The summed E-state index contributed by atoms with van der Waals surface area (Å²) in [6.07, 6.45) is 1.22. The van der Waals surface area contributed by atoms with Crippen LogP contribution in [0.4, 0.5) is 10.5 Å². The van der Waals surface area contributed by atoms with Gasteiger partial charge in [-0.25, -0.2) is 9.69 Å². The van der Waals surface area contributed by atoms with Crippen molar-refractivity contribution in [2.45, 2.75) is 31.7 Å². The SMILES string of the molecule is Cc1c(N2C(=O)N(C)[C@]3(CCCC3=O)C2=O)ccc(C#N)c1Cl. The third-order valence-electron chi connectivity index (χ3n) is 4.73. The highest BCUT2D eigenvalue weighted by atomic mass is 35.5. The van der Waals surface area contributed by atoms with E-state index in [2.05, 4.69) is 0 Å². The number of nitriles is 1. The van der Waals surface area contributed by atoms with Gasteiger partial charge in [0.15, 0.2) is 11.3 Å². The summed E-state index contributed by atoms with van der Waals surface area (Å²) in [6, 6.07) is 4.39. The Labute approximate surface area is 138 Å². The zero-order valence-corrected chi connectivity index (χ0v) is 13.5. The fourth-order valence-electron chi connectivity index (χ4n) is 3.38. The molecule has 23 heavy (non-hydrogen) atoms. The van der Waals surface area contributed by atoms with Gasteiger partial charge in [-0.3, -0.25) is 9.59 Å². The van der Waals surface area contributed by atoms with Crippen molar-refractivity contribution in [2.75, 3.05) is 11.9 Å². The molecule has 3 rings (SSSR count). The van der Waals surface area contributed by atoms with Crippen LogP contribution in [0.3, 0.4) is 0 Å². The van der Waals surface area contributed by atoms with Gasteiger partial charge in [0.25, 0.3) is 5.91 Å². The van der Waals surface area contributed by atoms with E-state index in [0.29, 0.717) is 30.5 Å². The highest BCUT2D eigenvalue weighted by molar-refractivity contribution is 6.35. The molecular formula is C16H14ClN3O3. The van der Waals surface area contributed by atoms with Gasteiger partial charge in [-0.15, -0.1) is 0 Å². The quantitative estimate of drug-likeness (QED) is 0.584. The van der Waals surface area contributed by atoms with Gasteiger partial charge in [0.05, 0.1) is 16.3 Å². The van der Waals surface area contributed by atoms with E-state index in [-0.39, 0.29) is 16.4 Å². The third kappa shape index (κ3) is 1.83. The van der Waals surface area contributed by atoms with Crippen molar-refractivity contribution in [3.8, 4) is 6.07 Å². The zero-order valence-electron chi connectivity index (χ0n) is 12.7. The lowest BCUT2D eigenvalue weighted by Gasteiger charge is -2.25. The number of urea groups is 1. The first-order chi connectivity index (χ1) is 10.9. The number of carbonyl (C=O) groups is 3. The number of hydrogen-bond donors (Lipinski definition) is 0. The number of hydrogen-bond acceptors (Lipinski definition) is 4. The Morgan fingerprint density at radius 1 is 1.30 bits per heavy atom. The standard InChI is InChI=1S/C16H14ClN3O3/c1-9-11(6-5-10(8-18)13(9)17)20-14(22)16(19(2)15(20)23)7-3-4-12(16)21/h5-6H,3-4,7H2,1-2H3/t16-/m0/s1. The number of nitrogens with zero attached hydrogens (tertiary/aromatic N) is 3. The molecule has 3 amide bonds. The van der Waals surface area contributed by atoms with Gasteiger partial charge in [0, 0.05) is 13.5 Å². The monoisotopic (exact) mass is 331 g/mol. The summed E-state index contributed by atoms with van der Waals surface area (Å²) < 4.78 is 0. The minimum Gasteiger partial charge on any atom is -0.306 e. The summed E-state index contributed by atoms with van der Waals surface area (Å²) in [7, 11) is 1.48. The number of amides is 3. The molecular weight excluding hydrogens is 318 g/mol. The number of likely N-dealkylation sites (N-methyl/N-ethyl adjacent to an activating group) is 1. The van der Waals surface area contributed by atoms with Crippen LogP contribution in [0.2, 0.25) is 5.02 Å². The van der Waals surface area contributed by atoms with Crippen LogP contribution in [0.1, 0.15) is 30.4 Å². The first-order valence-corrected chi connectivity index (χ1v) is 7.59. The number of imide groups is 1. The fraction of sp³-hybridized carbons (Fsp3) is 0.375. The lowest BCUT2D eigenvalue weighted by Crippen LogP contribution is -2.51. The van der Waals surface area contributed by atoms with E-state index in [1.54, 1.807) is 6.92 Å². The number of ketones is 1. The van der Waals surface area contributed by atoms with Crippen molar-refractivity contribution < 1.29 is 14.4 Å². The Morgan fingerprint density at radius 3 is 2.57 bits per heavy atom. The van der Waals surface area contributed by atoms with Gasteiger partial charge in [-0.1, -0.05) is 11.6 Å². The van der Waals surface area contributed by atoms with E-state index < -0.39 is 17.5 Å². The lowest BCUT2D eigenvalue weighted by atomic mass is 9.95. The summed E-state index contributed by atoms with van der Waals surface area (Å²) in [6.45, 7) is 1.64. The molecule has 0 N–H and O–H groups in total. The largest absolute Gasteiger partial charge is 0.332 e. The second-order valence-electron chi connectivity index (χ2n) is 5.80. The topological polar surface area (TPSA) is 81.5 Å². The van der Waals surface area contributed by atoms with Crippen LogP contribution in [-0.2, 0) is 9.59 Å². The normalized spacial score (nSPS) is 24.0. The molecule has 0 radical (unpaired) electrons. The Balaban J connectivity index is 2.14. The van der Waals surface area contributed by atoms with Crippen molar-refractivity contribution in [1.82, 2.24) is 4.90 Å². The van der Waals surface area contributed by atoms with Crippen LogP contribution in [0.15, 0.2) is 12.1 Å². The maximum Gasteiger partial charge on any atom is 0.332 e. The number of anilines is 1. The number of rotatable bonds is 1. The fourth-order valence-corrected chi connectivity index (χ4v) is 3.58. The molecule has 6 nitrogen and oxygen atoms in total. The van der Waals surface area contributed by atoms with Crippen LogP contribution in [0.25, 0.3) is 0 Å². The van der Waals surface area contributed by atoms with Crippen LogP contribution in [0.5, 0.6) is 0 Å².